The third-order valence-electron chi connectivity index (χ3n) is 4.14. The van der Waals surface area contributed by atoms with Crippen molar-refractivity contribution in [2.75, 3.05) is 0 Å². The number of nitrogens with zero attached hydrogens (tertiary/aromatic N) is 1. The van der Waals surface area contributed by atoms with Gasteiger partial charge < -0.3 is 4.74 Å². The Morgan fingerprint density at radius 1 is 1.07 bits per heavy atom. The Morgan fingerprint density at radius 2 is 1.85 bits per heavy atom. The zero-order valence-electron chi connectivity index (χ0n) is 15.3. The lowest BCUT2D eigenvalue weighted by molar-refractivity contribution is 0.305. The van der Waals surface area contributed by atoms with Crippen LogP contribution in [0, 0.1) is 6.92 Å². The number of aromatic nitrogens is 1. The maximum Gasteiger partial charge on any atom is 0.241 e. The summed E-state index contributed by atoms with van der Waals surface area (Å²) in [7, 11) is -3.57. The second-order valence-corrected chi connectivity index (χ2v) is 8.09. The predicted octanol–water partition coefficient (Wildman–Crippen LogP) is 4.01. The molecule has 0 aliphatic heterocycles. The van der Waals surface area contributed by atoms with Gasteiger partial charge >= 0.3 is 0 Å². The average molecular weight is 382 g/mol. The van der Waals surface area contributed by atoms with Gasteiger partial charge in [-0.1, -0.05) is 30.3 Å². The molecule has 0 saturated carbocycles. The molecule has 1 unspecified atom stereocenters. The molecule has 1 atom stereocenters. The first-order valence-electron chi connectivity index (χ1n) is 8.65. The highest BCUT2D eigenvalue weighted by atomic mass is 32.2. The van der Waals surface area contributed by atoms with Crippen molar-refractivity contribution in [1.82, 2.24) is 9.71 Å². The van der Waals surface area contributed by atoms with E-state index in [1.54, 1.807) is 30.6 Å². The fraction of sp³-hybridized carbons (Fsp3) is 0.190. The summed E-state index contributed by atoms with van der Waals surface area (Å²) in [4.78, 5) is 4.32. The topological polar surface area (TPSA) is 68.3 Å². The van der Waals surface area contributed by atoms with Gasteiger partial charge in [-0.05, 0) is 55.3 Å². The van der Waals surface area contributed by atoms with E-state index in [0.29, 0.717) is 6.61 Å². The minimum Gasteiger partial charge on any atom is -0.489 e. The Hall–Kier alpha value is -2.70. The summed E-state index contributed by atoms with van der Waals surface area (Å²) in [6, 6.07) is 17.7. The number of pyridine rings is 1. The summed E-state index contributed by atoms with van der Waals surface area (Å²) in [5.41, 5.74) is 2.75. The summed E-state index contributed by atoms with van der Waals surface area (Å²) in [5.74, 6) is 0.719. The van der Waals surface area contributed by atoms with Crippen molar-refractivity contribution in [3.8, 4) is 5.75 Å². The molecule has 0 radical (unpaired) electrons. The number of aryl methyl sites for hydroxylation is 1. The lowest BCUT2D eigenvalue weighted by Crippen LogP contribution is -2.26. The van der Waals surface area contributed by atoms with E-state index in [0.717, 1.165) is 22.4 Å². The first-order chi connectivity index (χ1) is 12.9. The number of ether oxygens (including phenoxy) is 1. The Morgan fingerprint density at radius 3 is 2.52 bits per heavy atom. The molecule has 1 aromatic heterocycles. The molecule has 0 saturated heterocycles. The van der Waals surface area contributed by atoms with E-state index in [4.69, 9.17) is 4.74 Å². The fourth-order valence-electron chi connectivity index (χ4n) is 2.65. The fourth-order valence-corrected chi connectivity index (χ4v) is 3.99. The second-order valence-electron chi connectivity index (χ2n) is 6.38. The highest BCUT2D eigenvalue weighted by Gasteiger charge is 2.18. The van der Waals surface area contributed by atoms with Gasteiger partial charge in [-0.25, -0.2) is 13.1 Å². The molecule has 3 aromatic rings. The molecule has 0 aliphatic carbocycles. The standard InChI is InChI=1S/C21H22N2O3S/c1-16-5-3-7-21(13-16)27(24,25)23-17(2)19-8-10-20(11-9-19)26-15-18-6-4-12-22-14-18/h3-14,17,23H,15H2,1-2H3. The summed E-state index contributed by atoms with van der Waals surface area (Å²) in [6.45, 7) is 4.12. The van der Waals surface area contributed by atoms with E-state index in [2.05, 4.69) is 9.71 Å². The van der Waals surface area contributed by atoms with E-state index in [1.165, 1.54) is 0 Å². The highest BCUT2D eigenvalue weighted by molar-refractivity contribution is 7.89. The Kier molecular flexibility index (Phi) is 5.88. The van der Waals surface area contributed by atoms with Gasteiger partial charge in [0.15, 0.2) is 0 Å². The molecule has 0 spiro atoms. The van der Waals surface area contributed by atoms with Crippen LogP contribution in [0.5, 0.6) is 5.75 Å². The molecule has 0 fully saturated rings. The van der Waals surface area contributed by atoms with Crippen molar-refractivity contribution in [3.05, 3.63) is 89.7 Å². The van der Waals surface area contributed by atoms with Crippen LogP contribution in [0.15, 0.2) is 78.0 Å². The molecule has 140 valence electrons. The summed E-state index contributed by atoms with van der Waals surface area (Å²) in [5, 5.41) is 0. The van der Waals surface area contributed by atoms with Gasteiger partial charge in [0.1, 0.15) is 12.4 Å². The average Bonchev–Trinajstić information content (AvgIpc) is 2.67. The van der Waals surface area contributed by atoms with Crippen LogP contribution < -0.4 is 9.46 Å². The van der Waals surface area contributed by atoms with Gasteiger partial charge in [-0.2, -0.15) is 0 Å². The van der Waals surface area contributed by atoms with E-state index < -0.39 is 10.0 Å². The SMILES string of the molecule is Cc1cccc(S(=O)(=O)NC(C)c2ccc(OCc3cccnc3)cc2)c1. The zero-order valence-corrected chi connectivity index (χ0v) is 16.1. The molecule has 1 N–H and O–H groups in total. The monoisotopic (exact) mass is 382 g/mol. The van der Waals surface area contributed by atoms with Crippen molar-refractivity contribution in [1.29, 1.82) is 0 Å². The van der Waals surface area contributed by atoms with Crippen molar-refractivity contribution in [3.63, 3.8) is 0 Å². The maximum absolute atomic E-state index is 12.6. The van der Waals surface area contributed by atoms with Gasteiger partial charge in [0.2, 0.25) is 10.0 Å². The quantitative estimate of drug-likeness (QED) is 0.670. The van der Waals surface area contributed by atoms with Crippen LogP contribution in [-0.4, -0.2) is 13.4 Å². The van der Waals surface area contributed by atoms with E-state index >= 15 is 0 Å². The molecule has 1 heterocycles. The van der Waals surface area contributed by atoms with Gasteiger partial charge in [0.05, 0.1) is 4.90 Å². The lowest BCUT2D eigenvalue weighted by atomic mass is 10.1. The minimum atomic E-state index is -3.57. The van der Waals surface area contributed by atoms with Crippen molar-refractivity contribution in [2.24, 2.45) is 0 Å². The van der Waals surface area contributed by atoms with Crippen LogP contribution in [0.4, 0.5) is 0 Å². The molecule has 0 bridgehead atoms. The van der Waals surface area contributed by atoms with Crippen LogP contribution in [-0.2, 0) is 16.6 Å². The largest absolute Gasteiger partial charge is 0.489 e. The number of rotatable bonds is 7. The zero-order chi connectivity index (χ0) is 19.3. The van der Waals surface area contributed by atoms with Crippen LogP contribution in [0.3, 0.4) is 0 Å². The molecule has 6 heteroatoms. The smallest absolute Gasteiger partial charge is 0.241 e. The predicted molar refractivity (Wildman–Crippen MR) is 105 cm³/mol. The Balaban J connectivity index is 1.64. The summed E-state index contributed by atoms with van der Waals surface area (Å²) in [6.07, 6.45) is 3.48. The molecular formula is C21H22N2O3S. The van der Waals surface area contributed by atoms with E-state index in [1.807, 2.05) is 56.3 Å². The lowest BCUT2D eigenvalue weighted by Gasteiger charge is -2.15. The molecular weight excluding hydrogens is 360 g/mol. The van der Waals surface area contributed by atoms with Crippen LogP contribution >= 0.6 is 0 Å². The van der Waals surface area contributed by atoms with Crippen molar-refractivity contribution in [2.45, 2.75) is 31.4 Å². The minimum absolute atomic E-state index is 0.269. The second kappa shape index (κ2) is 8.33. The van der Waals surface area contributed by atoms with Crippen LogP contribution in [0.1, 0.15) is 29.7 Å². The normalized spacial score (nSPS) is 12.5. The molecule has 3 rings (SSSR count). The molecule has 0 amide bonds. The first-order valence-corrected chi connectivity index (χ1v) is 10.1. The number of hydrogen-bond acceptors (Lipinski definition) is 4. The molecule has 0 aliphatic rings. The molecule has 27 heavy (non-hydrogen) atoms. The number of sulfonamides is 1. The van der Waals surface area contributed by atoms with Gasteiger partial charge in [0.25, 0.3) is 0 Å². The Bertz CT molecular complexity index is 987. The third kappa shape index (κ3) is 5.15. The first kappa shape index (κ1) is 19.1. The molecule has 2 aromatic carbocycles. The summed E-state index contributed by atoms with van der Waals surface area (Å²) >= 11 is 0. The van der Waals surface area contributed by atoms with Gasteiger partial charge in [-0.3, -0.25) is 4.98 Å². The summed E-state index contributed by atoms with van der Waals surface area (Å²) < 4.78 is 33.6. The number of hydrogen-bond donors (Lipinski definition) is 1. The van der Waals surface area contributed by atoms with E-state index in [-0.39, 0.29) is 10.9 Å². The Labute approximate surface area is 160 Å². The third-order valence-corrected chi connectivity index (χ3v) is 5.68. The van der Waals surface area contributed by atoms with Crippen LogP contribution in [0.25, 0.3) is 0 Å². The van der Waals surface area contributed by atoms with Crippen molar-refractivity contribution < 1.29 is 13.2 Å². The number of benzene rings is 2. The maximum atomic E-state index is 12.6. The van der Waals surface area contributed by atoms with Crippen molar-refractivity contribution >= 4 is 10.0 Å². The van der Waals surface area contributed by atoms with E-state index in [9.17, 15) is 8.42 Å². The van der Waals surface area contributed by atoms with Gasteiger partial charge in [0, 0.05) is 24.0 Å². The number of nitrogens with one attached hydrogen (secondary N) is 1. The van der Waals surface area contributed by atoms with Crippen LogP contribution in [0.2, 0.25) is 0 Å². The highest BCUT2D eigenvalue weighted by Crippen LogP contribution is 2.21. The van der Waals surface area contributed by atoms with Gasteiger partial charge in [-0.15, -0.1) is 0 Å². The molecule has 5 nitrogen and oxygen atoms in total.